The number of nitrogens with one attached hydrogen (secondary N) is 1. The summed E-state index contributed by atoms with van der Waals surface area (Å²) >= 11 is 1.61. The zero-order valence-electron chi connectivity index (χ0n) is 11.1. The highest BCUT2D eigenvalue weighted by Crippen LogP contribution is 2.21. The normalized spacial score (nSPS) is 9.72. The minimum atomic E-state index is 0. The molecule has 3 nitrogen and oxygen atoms in total. The summed E-state index contributed by atoms with van der Waals surface area (Å²) in [5.41, 5.74) is 1.23. The Bertz CT molecular complexity index is 374. The molecule has 0 aliphatic carbocycles. The first-order valence-electron chi connectivity index (χ1n) is 5.72. The molecule has 0 unspecified atom stereocenters. The van der Waals surface area contributed by atoms with Crippen LogP contribution >= 0.6 is 24.2 Å². The minimum Gasteiger partial charge on any atom is -0.344 e. The van der Waals surface area contributed by atoms with Gasteiger partial charge in [-0.1, -0.05) is 18.2 Å². The van der Waals surface area contributed by atoms with Crippen LogP contribution in [0.15, 0.2) is 29.2 Å². The number of halogens is 1. The maximum Gasteiger partial charge on any atom is 0.232 e. The average Bonchev–Trinajstić information content (AvgIpc) is 2.34. The Kier molecular flexibility index (Phi) is 8.89. The van der Waals surface area contributed by atoms with Crippen molar-refractivity contribution in [2.24, 2.45) is 0 Å². The lowest BCUT2D eigenvalue weighted by Crippen LogP contribution is -2.33. The highest BCUT2D eigenvalue weighted by atomic mass is 35.5. The van der Waals surface area contributed by atoms with Crippen molar-refractivity contribution in [3.05, 3.63) is 29.8 Å². The van der Waals surface area contributed by atoms with Crippen molar-refractivity contribution < 1.29 is 4.79 Å². The van der Waals surface area contributed by atoms with Gasteiger partial charge in [0.15, 0.2) is 0 Å². The number of aryl methyl sites for hydroxylation is 1. The Labute approximate surface area is 120 Å². The van der Waals surface area contributed by atoms with E-state index in [1.165, 1.54) is 10.5 Å². The van der Waals surface area contributed by atoms with Crippen LogP contribution < -0.4 is 5.32 Å². The molecule has 0 saturated heterocycles. The van der Waals surface area contributed by atoms with Crippen molar-refractivity contribution in [1.82, 2.24) is 10.2 Å². The van der Waals surface area contributed by atoms with Crippen LogP contribution in [-0.4, -0.2) is 43.7 Å². The largest absolute Gasteiger partial charge is 0.344 e. The van der Waals surface area contributed by atoms with Gasteiger partial charge in [-0.05, 0) is 25.6 Å². The molecule has 5 heteroatoms. The van der Waals surface area contributed by atoms with Gasteiger partial charge in [-0.15, -0.1) is 24.2 Å². The summed E-state index contributed by atoms with van der Waals surface area (Å²) in [5.74, 6) is 0.680. The lowest BCUT2D eigenvalue weighted by atomic mass is 10.2. The molecule has 18 heavy (non-hydrogen) atoms. The number of likely N-dealkylation sites (N-methyl/N-ethyl adjacent to an activating group) is 2. The summed E-state index contributed by atoms with van der Waals surface area (Å²) < 4.78 is 0. The Hall–Kier alpha value is -0.710. The third kappa shape index (κ3) is 5.76. The van der Waals surface area contributed by atoms with E-state index in [9.17, 15) is 4.79 Å². The van der Waals surface area contributed by atoms with Gasteiger partial charge in [0.05, 0.1) is 5.75 Å². The fourth-order valence-electron chi connectivity index (χ4n) is 1.37. The third-order valence-electron chi connectivity index (χ3n) is 2.57. The average molecular weight is 289 g/mol. The van der Waals surface area contributed by atoms with E-state index in [-0.39, 0.29) is 18.3 Å². The van der Waals surface area contributed by atoms with Crippen LogP contribution in [0.25, 0.3) is 0 Å². The van der Waals surface area contributed by atoms with Crippen molar-refractivity contribution in [3.8, 4) is 0 Å². The molecule has 0 spiro atoms. The lowest BCUT2D eigenvalue weighted by molar-refractivity contribution is -0.127. The van der Waals surface area contributed by atoms with Crippen LogP contribution in [-0.2, 0) is 4.79 Å². The molecule has 1 amide bonds. The van der Waals surface area contributed by atoms with Gasteiger partial charge in [0.1, 0.15) is 0 Å². The first-order chi connectivity index (χ1) is 8.15. The van der Waals surface area contributed by atoms with Crippen LogP contribution in [0.2, 0.25) is 0 Å². The predicted octanol–water partition coefficient (Wildman–Crippen LogP) is 2.19. The molecule has 0 aromatic heterocycles. The summed E-state index contributed by atoms with van der Waals surface area (Å²) in [6.07, 6.45) is 0. The van der Waals surface area contributed by atoms with E-state index < -0.39 is 0 Å². The Morgan fingerprint density at radius 3 is 2.67 bits per heavy atom. The van der Waals surface area contributed by atoms with Gasteiger partial charge in [0.25, 0.3) is 0 Å². The second-order valence-electron chi connectivity index (χ2n) is 3.97. The number of rotatable bonds is 6. The number of carbonyl (C=O) groups is 1. The van der Waals surface area contributed by atoms with Crippen molar-refractivity contribution in [1.29, 1.82) is 0 Å². The van der Waals surface area contributed by atoms with Crippen molar-refractivity contribution in [2.75, 3.05) is 32.9 Å². The van der Waals surface area contributed by atoms with Crippen LogP contribution in [0.4, 0.5) is 0 Å². The van der Waals surface area contributed by atoms with Gasteiger partial charge in [-0.2, -0.15) is 0 Å². The summed E-state index contributed by atoms with van der Waals surface area (Å²) in [6, 6.07) is 8.14. The van der Waals surface area contributed by atoms with Crippen LogP contribution in [0.1, 0.15) is 5.56 Å². The number of hydrogen-bond donors (Lipinski definition) is 1. The number of amides is 1. The molecule has 0 fully saturated rings. The predicted molar refractivity (Wildman–Crippen MR) is 80.7 cm³/mol. The van der Waals surface area contributed by atoms with Gasteiger partial charge in [-0.3, -0.25) is 4.79 Å². The Balaban J connectivity index is 0.00000289. The fourth-order valence-corrected chi connectivity index (χ4v) is 2.34. The molecule has 1 N–H and O–H groups in total. The maximum atomic E-state index is 11.8. The molecule has 0 atom stereocenters. The van der Waals surface area contributed by atoms with Crippen molar-refractivity contribution >= 4 is 30.1 Å². The quantitative estimate of drug-likeness (QED) is 0.815. The maximum absolute atomic E-state index is 11.8. The van der Waals surface area contributed by atoms with Gasteiger partial charge >= 0.3 is 0 Å². The minimum absolute atomic E-state index is 0. The molecule has 0 radical (unpaired) electrons. The highest BCUT2D eigenvalue weighted by Gasteiger charge is 2.09. The molecule has 0 aliphatic heterocycles. The molecule has 1 aromatic rings. The van der Waals surface area contributed by atoms with Crippen molar-refractivity contribution in [2.45, 2.75) is 11.8 Å². The van der Waals surface area contributed by atoms with Crippen LogP contribution in [0.3, 0.4) is 0 Å². The second-order valence-corrected chi connectivity index (χ2v) is 4.99. The molecule has 0 bridgehead atoms. The SMILES string of the molecule is CNCCN(C)C(=O)CSc1ccccc1C.Cl. The van der Waals surface area contributed by atoms with E-state index in [1.54, 1.807) is 16.7 Å². The number of carbonyl (C=O) groups excluding carboxylic acids is 1. The van der Waals surface area contributed by atoms with E-state index in [1.807, 2.05) is 26.2 Å². The second kappa shape index (κ2) is 9.25. The number of benzene rings is 1. The van der Waals surface area contributed by atoms with E-state index in [0.717, 1.165) is 13.1 Å². The van der Waals surface area contributed by atoms with E-state index in [0.29, 0.717) is 5.75 Å². The van der Waals surface area contributed by atoms with Crippen LogP contribution in [0.5, 0.6) is 0 Å². The Morgan fingerprint density at radius 2 is 2.06 bits per heavy atom. The zero-order valence-corrected chi connectivity index (χ0v) is 12.7. The van der Waals surface area contributed by atoms with Gasteiger partial charge in [0.2, 0.25) is 5.91 Å². The van der Waals surface area contributed by atoms with Gasteiger partial charge in [-0.25, -0.2) is 0 Å². The molecule has 0 heterocycles. The lowest BCUT2D eigenvalue weighted by Gasteiger charge is -2.16. The molecule has 102 valence electrons. The monoisotopic (exact) mass is 288 g/mol. The number of hydrogen-bond acceptors (Lipinski definition) is 3. The Morgan fingerprint density at radius 1 is 1.39 bits per heavy atom. The summed E-state index contributed by atoms with van der Waals surface area (Å²) in [4.78, 5) is 14.8. The van der Waals surface area contributed by atoms with E-state index >= 15 is 0 Å². The first kappa shape index (κ1) is 17.3. The highest BCUT2D eigenvalue weighted by molar-refractivity contribution is 8.00. The third-order valence-corrected chi connectivity index (χ3v) is 3.73. The molecule has 0 aliphatic rings. The molecular weight excluding hydrogens is 268 g/mol. The number of nitrogens with zero attached hydrogens (tertiary/aromatic N) is 1. The molecular formula is C13H21ClN2OS. The fraction of sp³-hybridized carbons (Fsp3) is 0.462. The van der Waals surface area contributed by atoms with Gasteiger partial charge < -0.3 is 10.2 Å². The van der Waals surface area contributed by atoms with Crippen molar-refractivity contribution in [3.63, 3.8) is 0 Å². The summed E-state index contributed by atoms with van der Waals surface area (Å²) in [7, 11) is 3.73. The topological polar surface area (TPSA) is 32.3 Å². The molecule has 0 saturated carbocycles. The zero-order chi connectivity index (χ0) is 12.7. The van der Waals surface area contributed by atoms with Gasteiger partial charge in [0, 0.05) is 25.0 Å². The smallest absolute Gasteiger partial charge is 0.232 e. The summed E-state index contributed by atoms with van der Waals surface area (Å²) in [5, 5.41) is 3.04. The molecule has 1 rings (SSSR count). The van der Waals surface area contributed by atoms with E-state index in [2.05, 4.69) is 24.4 Å². The van der Waals surface area contributed by atoms with Crippen LogP contribution in [0, 0.1) is 6.92 Å². The first-order valence-corrected chi connectivity index (χ1v) is 6.70. The van der Waals surface area contributed by atoms with E-state index in [4.69, 9.17) is 0 Å². The standard InChI is InChI=1S/C13H20N2OS.ClH/c1-11-6-4-5-7-12(11)17-10-13(16)15(3)9-8-14-2;/h4-7,14H,8-10H2,1-3H3;1H. The molecule has 1 aromatic carbocycles. The number of thioether (sulfide) groups is 1. The summed E-state index contributed by atoms with van der Waals surface area (Å²) in [6.45, 7) is 3.65.